The smallest absolute Gasteiger partial charge is 0.248 e. The lowest BCUT2D eigenvalue weighted by molar-refractivity contribution is -0.148. The van der Waals surface area contributed by atoms with Gasteiger partial charge in [-0.05, 0) is 12.8 Å². The summed E-state index contributed by atoms with van der Waals surface area (Å²) in [5.41, 5.74) is 0. The Bertz CT molecular complexity index is 160. The Labute approximate surface area is 101 Å². The van der Waals surface area contributed by atoms with E-state index in [1.807, 2.05) is 32.6 Å². The van der Waals surface area contributed by atoms with Gasteiger partial charge in [0.05, 0.1) is 6.10 Å². The Hall–Kier alpha value is -0.570. The van der Waals surface area contributed by atoms with Gasteiger partial charge in [0.15, 0.2) is 0 Å². The normalized spacial score (nSPS) is 19.2. The van der Waals surface area contributed by atoms with Crippen LogP contribution in [0.4, 0.5) is 0 Å². The summed E-state index contributed by atoms with van der Waals surface area (Å²) in [6, 6.07) is 0. The lowest BCUT2D eigenvalue weighted by Gasteiger charge is -2.31. The molecule has 1 amide bonds. The molecule has 3 nitrogen and oxygen atoms in total. The van der Waals surface area contributed by atoms with Crippen molar-refractivity contribution in [3.05, 3.63) is 0 Å². The molecular weight excluding hydrogens is 202 g/mol. The van der Waals surface area contributed by atoms with E-state index in [4.69, 9.17) is 4.74 Å². The van der Waals surface area contributed by atoms with E-state index in [0.717, 1.165) is 25.9 Å². The Morgan fingerprint density at radius 3 is 2.25 bits per heavy atom. The Kier molecular flexibility index (Phi) is 13.9. The first-order chi connectivity index (χ1) is 7.77. The third kappa shape index (κ3) is 6.83. The van der Waals surface area contributed by atoms with E-state index in [1.165, 1.54) is 0 Å². The molecule has 0 radical (unpaired) electrons. The molecule has 0 aromatic rings. The van der Waals surface area contributed by atoms with Gasteiger partial charge in [-0.25, -0.2) is 0 Å². The van der Waals surface area contributed by atoms with E-state index in [1.54, 1.807) is 0 Å². The summed E-state index contributed by atoms with van der Waals surface area (Å²) >= 11 is 0. The Morgan fingerprint density at radius 2 is 1.81 bits per heavy atom. The van der Waals surface area contributed by atoms with Gasteiger partial charge in [0.1, 0.15) is 6.61 Å². The average Bonchev–Trinajstić information content (AvgIpc) is 2.37. The van der Waals surface area contributed by atoms with Crippen LogP contribution in [0.2, 0.25) is 0 Å². The summed E-state index contributed by atoms with van der Waals surface area (Å²) in [6.07, 6.45) is 2.28. The maximum atomic E-state index is 11.2. The van der Waals surface area contributed by atoms with Crippen LogP contribution in [0.3, 0.4) is 0 Å². The van der Waals surface area contributed by atoms with Gasteiger partial charge in [-0.1, -0.05) is 41.5 Å². The molecule has 3 heteroatoms. The van der Waals surface area contributed by atoms with Gasteiger partial charge in [-0.15, -0.1) is 0 Å². The van der Waals surface area contributed by atoms with E-state index >= 15 is 0 Å². The molecular formula is C13H29NO2. The number of hydrogen-bond donors (Lipinski definition) is 0. The number of carbonyl (C=O) groups is 1. The topological polar surface area (TPSA) is 29.5 Å². The summed E-state index contributed by atoms with van der Waals surface area (Å²) in [6.45, 7) is 14.1. The largest absolute Gasteiger partial charge is 0.367 e. The van der Waals surface area contributed by atoms with Crippen LogP contribution in [0.25, 0.3) is 0 Å². The standard InChI is InChI=1S/C9H17NO2.2C2H6/c1-3-5-10-6-8(4-2)12-7-9(10)11;2*1-2/h8H,3-7H2,1-2H3;2*1-2H3. The first kappa shape index (κ1) is 17.8. The predicted molar refractivity (Wildman–Crippen MR) is 69.6 cm³/mol. The second-order valence-electron chi connectivity index (χ2n) is 3.18. The Morgan fingerprint density at radius 1 is 1.25 bits per heavy atom. The minimum atomic E-state index is 0.140. The minimum absolute atomic E-state index is 0.140. The first-order valence-electron chi connectivity index (χ1n) is 6.67. The van der Waals surface area contributed by atoms with Crippen molar-refractivity contribution in [2.24, 2.45) is 0 Å². The highest BCUT2D eigenvalue weighted by Gasteiger charge is 2.23. The van der Waals surface area contributed by atoms with Gasteiger partial charge >= 0.3 is 0 Å². The third-order valence-corrected chi connectivity index (χ3v) is 2.17. The lowest BCUT2D eigenvalue weighted by atomic mass is 10.2. The zero-order chi connectivity index (χ0) is 13.0. The van der Waals surface area contributed by atoms with Crippen LogP contribution < -0.4 is 0 Å². The van der Waals surface area contributed by atoms with E-state index in [2.05, 4.69) is 13.8 Å². The molecule has 1 aliphatic heterocycles. The molecule has 98 valence electrons. The number of carbonyl (C=O) groups excluding carboxylic acids is 1. The van der Waals surface area contributed by atoms with E-state index in [9.17, 15) is 4.79 Å². The zero-order valence-corrected chi connectivity index (χ0v) is 11.9. The fraction of sp³-hybridized carbons (Fsp3) is 0.923. The van der Waals surface area contributed by atoms with Crippen LogP contribution in [0, 0.1) is 0 Å². The number of ether oxygens (including phenoxy) is 1. The second kappa shape index (κ2) is 12.5. The minimum Gasteiger partial charge on any atom is -0.367 e. The van der Waals surface area contributed by atoms with Crippen molar-refractivity contribution in [3.63, 3.8) is 0 Å². The molecule has 0 saturated carbocycles. The van der Waals surface area contributed by atoms with Crippen molar-refractivity contribution in [2.45, 2.75) is 60.5 Å². The highest BCUT2D eigenvalue weighted by atomic mass is 16.5. The van der Waals surface area contributed by atoms with Crippen LogP contribution in [0.15, 0.2) is 0 Å². The molecule has 1 saturated heterocycles. The number of amides is 1. The summed E-state index contributed by atoms with van der Waals surface area (Å²) in [5.74, 6) is 0.140. The van der Waals surface area contributed by atoms with Crippen molar-refractivity contribution in [3.8, 4) is 0 Å². The lowest BCUT2D eigenvalue weighted by Crippen LogP contribution is -2.46. The molecule has 1 atom stereocenters. The summed E-state index contributed by atoms with van der Waals surface area (Å²) in [7, 11) is 0. The predicted octanol–water partition coefficient (Wildman–Crippen LogP) is 3.09. The quantitative estimate of drug-likeness (QED) is 0.747. The van der Waals surface area contributed by atoms with Gasteiger partial charge in [0, 0.05) is 13.1 Å². The number of hydrogen-bond acceptors (Lipinski definition) is 2. The fourth-order valence-corrected chi connectivity index (χ4v) is 1.41. The van der Waals surface area contributed by atoms with Crippen molar-refractivity contribution in [2.75, 3.05) is 19.7 Å². The molecule has 0 spiro atoms. The molecule has 16 heavy (non-hydrogen) atoms. The molecule has 0 bridgehead atoms. The van der Waals surface area contributed by atoms with Gasteiger partial charge in [-0.3, -0.25) is 4.79 Å². The molecule has 1 rings (SSSR count). The van der Waals surface area contributed by atoms with Gasteiger partial charge in [0.25, 0.3) is 0 Å². The van der Waals surface area contributed by atoms with Crippen LogP contribution in [-0.4, -0.2) is 36.6 Å². The molecule has 1 fully saturated rings. The zero-order valence-electron chi connectivity index (χ0n) is 11.9. The van der Waals surface area contributed by atoms with Gasteiger partial charge in [0.2, 0.25) is 5.91 Å². The van der Waals surface area contributed by atoms with Crippen molar-refractivity contribution in [1.82, 2.24) is 4.90 Å². The second-order valence-corrected chi connectivity index (χ2v) is 3.18. The van der Waals surface area contributed by atoms with Gasteiger partial charge < -0.3 is 9.64 Å². The van der Waals surface area contributed by atoms with Crippen molar-refractivity contribution in [1.29, 1.82) is 0 Å². The molecule has 1 unspecified atom stereocenters. The SMILES string of the molecule is CC.CC.CCCN1CC(CC)OCC1=O. The van der Waals surface area contributed by atoms with E-state index in [-0.39, 0.29) is 18.6 Å². The average molecular weight is 231 g/mol. The Balaban J connectivity index is 0. The summed E-state index contributed by atoms with van der Waals surface area (Å²) < 4.78 is 5.32. The van der Waals surface area contributed by atoms with Gasteiger partial charge in [-0.2, -0.15) is 0 Å². The van der Waals surface area contributed by atoms with Crippen LogP contribution in [0.5, 0.6) is 0 Å². The van der Waals surface area contributed by atoms with E-state index < -0.39 is 0 Å². The number of rotatable bonds is 3. The molecule has 1 aliphatic rings. The fourth-order valence-electron chi connectivity index (χ4n) is 1.41. The van der Waals surface area contributed by atoms with Crippen LogP contribution in [0.1, 0.15) is 54.4 Å². The highest BCUT2D eigenvalue weighted by molar-refractivity contribution is 5.78. The maximum absolute atomic E-state index is 11.2. The molecule has 1 heterocycles. The molecule has 0 aliphatic carbocycles. The third-order valence-electron chi connectivity index (χ3n) is 2.17. The summed E-state index contributed by atoms with van der Waals surface area (Å²) in [5, 5.41) is 0. The molecule has 0 N–H and O–H groups in total. The summed E-state index contributed by atoms with van der Waals surface area (Å²) in [4.78, 5) is 13.1. The van der Waals surface area contributed by atoms with Crippen LogP contribution in [-0.2, 0) is 9.53 Å². The number of morpholine rings is 1. The van der Waals surface area contributed by atoms with Crippen molar-refractivity contribution < 1.29 is 9.53 Å². The monoisotopic (exact) mass is 231 g/mol. The number of nitrogens with zero attached hydrogens (tertiary/aromatic N) is 1. The maximum Gasteiger partial charge on any atom is 0.248 e. The highest BCUT2D eigenvalue weighted by Crippen LogP contribution is 2.09. The van der Waals surface area contributed by atoms with E-state index in [0.29, 0.717) is 0 Å². The van der Waals surface area contributed by atoms with Crippen molar-refractivity contribution >= 4 is 5.91 Å². The molecule has 0 aromatic heterocycles. The molecule has 0 aromatic carbocycles. The first-order valence-corrected chi connectivity index (χ1v) is 6.67. The van der Waals surface area contributed by atoms with Crippen LogP contribution >= 0.6 is 0 Å².